The molecule has 98 valence electrons. The number of benzene rings is 1. The molecule has 18 heavy (non-hydrogen) atoms. The van der Waals surface area contributed by atoms with E-state index in [9.17, 15) is 14.9 Å². The van der Waals surface area contributed by atoms with Gasteiger partial charge in [-0.15, -0.1) is 0 Å². The van der Waals surface area contributed by atoms with Crippen LogP contribution in [0.3, 0.4) is 0 Å². The maximum atomic E-state index is 11.7. The summed E-state index contributed by atoms with van der Waals surface area (Å²) >= 11 is 6.55. The predicted molar refractivity (Wildman–Crippen MR) is 69.3 cm³/mol. The van der Waals surface area contributed by atoms with Crippen LogP contribution in [0.4, 0.5) is 0 Å². The van der Waals surface area contributed by atoms with Gasteiger partial charge in [-0.05, 0) is 43.0 Å². The summed E-state index contributed by atoms with van der Waals surface area (Å²) in [7, 11) is 0. The number of rotatable bonds is 5. The van der Waals surface area contributed by atoms with Crippen molar-refractivity contribution in [1.29, 1.82) is 0 Å². The van der Waals surface area contributed by atoms with Crippen LogP contribution in [0.15, 0.2) is 29.2 Å². The molecule has 1 aromatic carbocycles. The molecule has 1 unspecified atom stereocenters. The molecule has 1 rings (SSSR count). The van der Waals surface area contributed by atoms with Crippen LogP contribution in [-0.2, 0) is 9.53 Å². The van der Waals surface area contributed by atoms with Gasteiger partial charge in [0.05, 0.1) is 6.61 Å². The molecular weight excluding hydrogens is 278 g/mol. The molecule has 0 heterocycles. The molecule has 1 aromatic rings. The number of carbonyl (C=O) groups is 1. The van der Waals surface area contributed by atoms with Crippen molar-refractivity contribution in [2.75, 3.05) is 6.61 Å². The average Bonchev–Trinajstić information content (AvgIpc) is 2.32. The topological polar surface area (TPSA) is 69.4 Å². The van der Waals surface area contributed by atoms with E-state index < -0.39 is 15.8 Å². The molecule has 0 bridgehead atoms. The van der Waals surface area contributed by atoms with E-state index in [0.717, 1.165) is 11.8 Å². The van der Waals surface area contributed by atoms with E-state index in [0.29, 0.717) is 9.92 Å². The van der Waals surface area contributed by atoms with Gasteiger partial charge in [-0.25, -0.2) is 4.79 Å². The highest BCUT2D eigenvalue weighted by Crippen LogP contribution is 2.34. The summed E-state index contributed by atoms with van der Waals surface area (Å²) < 4.78 is 4.74. The van der Waals surface area contributed by atoms with E-state index in [-0.39, 0.29) is 6.61 Å². The van der Waals surface area contributed by atoms with Crippen molar-refractivity contribution in [2.45, 2.75) is 23.6 Å². The molecule has 0 N–H and O–H groups in total. The van der Waals surface area contributed by atoms with Crippen molar-refractivity contribution >= 4 is 29.3 Å². The Labute approximate surface area is 114 Å². The zero-order valence-corrected chi connectivity index (χ0v) is 11.5. The molecule has 1 atom stereocenters. The zero-order chi connectivity index (χ0) is 13.8. The average molecular weight is 290 g/mol. The van der Waals surface area contributed by atoms with Gasteiger partial charge in [0.25, 0.3) is 0 Å². The number of hydrogen-bond acceptors (Lipinski definition) is 5. The van der Waals surface area contributed by atoms with Gasteiger partial charge in [-0.3, -0.25) is 10.1 Å². The van der Waals surface area contributed by atoms with Crippen molar-refractivity contribution in [1.82, 2.24) is 0 Å². The molecular formula is C11H12ClNO4S. The van der Waals surface area contributed by atoms with Crippen molar-refractivity contribution < 1.29 is 14.5 Å². The van der Waals surface area contributed by atoms with Crippen LogP contribution in [0.25, 0.3) is 0 Å². The molecule has 0 radical (unpaired) electrons. The van der Waals surface area contributed by atoms with E-state index in [4.69, 9.17) is 16.3 Å². The van der Waals surface area contributed by atoms with Gasteiger partial charge in [0.1, 0.15) is 0 Å². The first kappa shape index (κ1) is 14.8. The minimum absolute atomic E-state index is 0.101. The third-order valence-corrected chi connectivity index (χ3v) is 3.61. The van der Waals surface area contributed by atoms with Crippen LogP contribution in [0.1, 0.15) is 13.8 Å². The second kappa shape index (κ2) is 6.06. The molecule has 7 heteroatoms. The number of hydrogen-bond donors (Lipinski definition) is 0. The van der Waals surface area contributed by atoms with Gasteiger partial charge in [0.2, 0.25) is 0 Å². The fourth-order valence-corrected chi connectivity index (χ4v) is 2.22. The van der Waals surface area contributed by atoms with E-state index >= 15 is 0 Å². The van der Waals surface area contributed by atoms with Crippen molar-refractivity contribution in [3.63, 3.8) is 0 Å². The third kappa shape index (κ3) is 3.36. The number of halogens is 1. The third-order valence-electron chi connectivity index (χ3n) is 2.13. The van der Waals surface area contributed by atoms with Gasteiger partial charge in [-0.2, -0.15) is 0 Å². The number of nitro groups is 1. The van der Waals surface area contributed by atoms with Crippen LogP contribution in [-0.4, -0.2) is 22.4 Å². The molecule has 0 aliphatic heterocycles. The van der Waals surface area contributed by atoms with Crippen LogP contribution < -0.4 is 0 Å². The van der Waals surface area contributed by atoms with E-state index in [1.54, 1.807) is 31.2 Å². The summed E-state index contributed by atoms with van der Waals surface area (Å²) in [5.41, 5.74) is 0. The number of ether oxygens (including phenoxy) is 1. The highest BCUT2D eigenvalue weighted by atomic mass is 35.5. The Bertz CT molecular complexity index is 451. The molecule has 0 aromatic heterocycles. The Kier molecular flexibility index (Phi) is 4.98. The summed E-state index contributed by atoms with van der Waals surface area (Å²) in [6, 6.07) is 6.45. The molecule has 0 spiro atoms. The molecule has 0 amide bonds. The Morgan fingerprint density at radius 1 is 1.50 bits per heavy atom. The fraction of sp³-hybridized carbons (Fsp3) is 0.364. The van der Waals surface area contributed by atoms with Crippen LogP contribution in [0.2, 0.25) is 5.02 Å². The largest absolute Gasteiger partial charge is 0.460 e. The van der Waals surface area contributed by atoms with Crippen molar-refractivity contribution in [3.05, 3.63) is 39.4 Å². The maximum absolute atomic E-state index is 11.7. The molecule has 0 fully saturated rings. The summed E-state index contributed by atoms with van der Waals surface area (Å²) in [6.07, 6.45) is 0. The first-order valence-electron chi connectivity index (χ1n) is 5.16. The Balaban J connectivity index is 2.96. The van der Waals surface area contributed by atoms with Crippen LogP contribution in [0, 0.1) is 10.1 Å². The highest BCUT2D eigenvalue weighted by Gasteiger charge is 2.49. The van der Waals surface area contributed by atoms with Gasteiger partial charge in [-0.1, -0.05) is 11.6 Å². The standard InChI is InChI=1S/C11H12ClNO4S/c1-3-17-10(14)11(2,13(15)16)18-9-6-4-8(12)5-7-9/h4-7H,3H2,1-2H3. The number of nitrogens with zero attached hydrogens (tertiary/aromatic N) is 1. The minimum Gasteiger partial charge on any atom is -0.460 e. The van der Waals surface area contributed by atoms with Crippen LogP contribution >= 0.6 is 23.4 Å². The first-order chi connectivity index (χ1) is 8.40. The molecule has 0 aliphatic rings. The second-order valence-electron chi connectivity index (χ2n) is 3.52. The quantitative estimate of drug-likeness (QED) is 0.274. The number of carbonyl (C=O) groups excluding carboxylic acids is 1. The first-order valence-corrected chi connectivity index (χ1v) is 6.36. The Morgan fingerprint density at radius 2 is 2.06 bits per heavy atom. The van der Waals surface area contributed by atoms with E-state index in [1.807, 2.05) is 0 Å². The zero-order valence-electron chi connectivity index (χ0n) is 9.88. The van der Waals surface area contributed by atoms with Gasteiger partial charge in [0, 0.05) is 21.8 Å². The summed E-state index contributed by atoms with van der Waals surface area (Å²) in [6.45, 7) is 2.93. The number of esters is 1. The lowest BCUT2D eigenvalue weighted by Gasteiger charge is -2.18. The van der Waals surface area contributed by atoms with Crippen LogP contribution in [0.5, 0.6) is 0 Å². The van der Waals surface area contributed by atoms with Gasteiger partial charge >= 0.3 is 10.8 Å². The summed E-state index contributed by atoms with van der Waals surface area (Å²) in [5, 5.41) is 11.6. The monoisotopic (exact) mass is 289 g/mol. The molecule has 0 saturated carbocycles. The summed E-state index contributed by atoms with van der Waals surface area (Å²) in [5.74, 6) is -0.866. The van der Waals surface area contributed by atoms with Crippen molar-refractivity contribution in [2.24, 2.45) is 0 Å². The molecule has 0 aliphatic carbocycles. The van der Waals surface area contributed by atoms with E-state index in [2.05, 4.69) is 0 Å². The summed E-state index contributed by atoms with van der Waals surface area (Å²) in [4.78, 5) is 20.8. The lowest BCUT2D eigenvalue weighted by Crippen LogP contribution is -2.41. The lowest BCUT2D eigenvalue weighted by atomic mass is 10.3. The molecule has 0 saturated heterocycles. The normalized spacial score (nSPS) is 13.7. The van der Waals surface area contributed by atoms with Crippen molar-refractivity contribution in [3.8, 4) is 0 Å². The fourth-order valence-electron chi connectivity index (χ4n) is 1.15. The SMILES string of the molecule is CCOC(=O)C(C)(Sc1ccc(Cl)cc1)[N+](=O)[O-]. The van der Waals surface area contributed by atoms with E-state index in [1.165, 1.54) is 6.92 Å². The lowest BCUT2D eigenvalue weighted by molar-refractivity contribution is -0.520. The van der Waals surface area contributed by atoms with Gasteiger partial charge < -0.3 is 4.74 Å². The predicted octanol–water partition coefficient (Wildman–Crippen LogP) is 2.99. The maximum Gasteiger partial charge on any atom is 0.396 e. The Morgan fingerprint density at radius 3 is 2.50 bits per heavy atom. The minimum atomic E-state index is -1.86. The van der Waals surface area contributed by atoms with Gasteiger partial charge in [0.15, 0.2) is 0 Å². The Hall–Kier alpha value is -1.27. The number of thioether (sulfide) groups is 1. The second-order valence-corrected chi connectivity index (χ2v) is 5.42. The molecule has 5 nitrogen and oxygen atoms in total. The highest BCUT2D eigenvalue weighted by molar-refractivity contribution is 8.01. The smallest absolute Gasteiger partial charge is 0.396 e.